The standard InChI is InChI=1S/C15H18N4O/c1-4-8-18(9-5-1)10-14-16-17-15-11-20-13-7-3-2-6-12(13)19(14)15/h2-3,6-7H,1,4-5,8-11H2. The zero-order valence-corrected chi connectivity index (χ0v) is 11.5. The average molecular weight is 270 g/mol. The van der Waals surface area contributed by atoms with Crippen LogP contribution in [0.15, 0.2) is 24.3 Å². The molecule has 1 saturated heterocycles. The largest absolute Gasteiger partial charge is 0.483 e. The zero-order valence-electron chi connectivity index (χ0n) is 11.5. The minimum atomic E-state index is 0.504. The summed E-state index contributed by atoms with van der Waals surface area (Å²) < 4.78 is 7.88. The molecule has 104 valence electrons. The predicted octanol–water partition coefficient (Wildman–Crippen LogP) is 2.15. The number of hydrogen-bond donors (Lipinski definition) is 0. The number of likely N-dealkylation sites (tertiary alicyclic amines) is 1. The van der Waals surface area contributed by atoms with Gasteiger partial charge in [0.25, 0.3) is 0 Å². The first-order valence-corrected chi connectivity index (χ1v) is 7.29. The molecule has 1 aromatic carbocycles. The van der Waals surface area contributed by atoms with Gasteiger partial charge in [0.2, 0.25) is 0 Å². The normalized spacial score (nSPS) is 18.2. The van der Waals surface area contributed by atoms with Gasteiger partial charge in [-0.1, -0.05) is 18.6 Å². The fraction of sp³-hybridized carbons (Fsp3) is 0.467. The molecule has 3 heterocycles. The molecule has 0 amide bonds. The minimum absolute atomic E-state index is 0.504. The molecule has 2 aliphatic heterocycles. The van der Waals surface area contributed by atoms with Gasteiger partial charge in [-0.3, -0.25) is 9.47 Å². The van der Waals surface area contributed by atoms with E-state index in [-0.39, 0.29) is 0 Å². The van der Waals surface area contributed by atoms with Crippen molar-refractivity contribution >= 4 is 0 Å². The van der Waals surface area contributed by atoms with Crippen LogP contribution in [-0.2, 0) is 13.2 Å². The van der Waals surface area contributed by atoms with Gasteiger partial charge in [0.05, 0.1) is 12.2 Å². The molecular weight excluding hydrogens is 252 g/mol. The van der Waals surface area contributed by atoms with Crippen LogP contribution in [-0.4, -0.2) is 32.8 Å². The number of benzene rings is 1. The first-order valence-electron chi connectivity index (χ1n) is 7.29. The van der Waals surface area contributed by atoms with Gasteiger partial charge < -0.3 is 4.74 Å². The molecule has 0 saturated carbocycles. The molecule has 0 spiro atoms. The molecule has 1 fully saturated rings. The number of aromatic nitrogens is 3. The highest BCUT2D eigenvalue weighted by Gasteiger charge is 2.23. The van der Waals surface area contributed by atoms with Crippen molar-refractivity contribution in [2.45, 2.75) is 32.4 Å². The second kappa shape index (κ2) is 4.90. The summed E-state index contributed by atoms with van der Waals surface area (Å²) in [4.78, 5) is 2.47. The summed E-state index contributed by atoms with van der Waals surface area (Å²) in [5.74, 6) is 2.84. The lowest BCUT2D eigenvalue weighted by Crippen LogP contribution is -2.30. The summed E-state index contributed by atoms with van der Waals surface area (Å²) in [6.07, 6.45) is 3.94. The van der Waals surface area contributed by atoms with Crippen LogP contribution in [0.5, 0.6) is 5.75 Å². The SMILES string of the molecule is c1ccc2c(c1)OCc1nnc(CN3CCCCC3)n1-2. The second-order valence-corrected chi connectivity index (χ2v) is 5.46. The van der Waals surface area contributed by atoms with Gasteiger partial charge in [-0.25, -0.2) is 0 Å². The van der Waals surface area contributed by atoms with E-state index in [0.717, 1.165) is 29.6 Å². The summed E-state index contributed by atoms with van der Waals surface area (Å²) in [6.45, 7) is 3.71. The molecule has 0 bridgehead atoms. The van der Waals surface area contributed by atoms with Crippen LogP contribution in [0.3, 0.4) is 0 Å². The van der Waals surface area contributed by atoms with Crippen molar-refractivity contribution < 1.29 is 4.74 Å². The quantitative estimate of drug-likeness (QED) is 0.838. The number of para-hydroxylation sites is 2. The van der Waals surface area contributed by atoms with E-state index in [1.807, 2.05) is 18.2 Å². The third-order valence-corrected chi connectivity index (χ3v) is 4.07. The Morgan fingerprint density at radius 2 is 1.90 bits per heavy atom. The molecule has 0 radical (unpaired) electrons. The maximum absolute atomic E-state index is 5.72. The highest BCUT2D eigenvalue weighted by molar-refractivity contribution is 5.49. The fourth-order valence-corrected chi connectivity index (χ4v) is 3.05. The Balaban J connectivity index is 1.68. The van der Waals surface area contributed by atoms with Gasteiger partial charge in [0.15, 0.2) is 11.6 Å². The highest BCUT2D eigenvalue weighted by atomic mass is 16.5. The van der Waals surface area contributed by atoms with Crippen molar-refractivity contribution in [2.75, 3.05) is 13.1 Å². The number of rotatable bonds is 2. The van der Waals surface area contributed by atoms with Crippen LogP contribution in [0.25, 0.3) is 5.69 Å². The van der Waals surface area contributed by atoms with Gasteiger partial charge in [-0.2, -0.15) is 0 Å². The average Bonchev–Trinajstić information content (AvgIpc) is 2.92. The maximum Gasteiger partial charge on any atom is 0.175 e. The maximum atomic E-state index is 5.72. The smallest absolute Gasteiger partial charge is 0.175 e. The Labute approximate surface area is 118 Å². The predicted molar refractivity (Wildman–Crippen MR) is 74.8 cm³/mol. The molecule has 0 aliphatic carbocycles. The van der Waals surface area contributed by atoms with Crippen molar-refractivity contribution in [1.82, 2.24) is 19.7 Å². The van der Waals surface area contributed by atoms with Gasteiger partial charge in [0.1, 0.15) is 12.4 Å². The van der Waals surface area contributed by atoms with Gasteiger partial charge in [-0.15, -0.1) is 10.2 Å². The van der Waals surface area contributed by atoms with Crippen LogP contribution < -0.4 is 4.74 Å². The lowest BCUT2D eigenvalue weighted by atomic mass is 10.1. The Bertz CT molecular complexity index is 616. The van der Waals surface area contributed by atoms with E-state index in [9.17, 15) is 0 Å². The number of fused-ring (bicyclic) bond motifs is 3. The van der Waals surface area contributed by atoms with E-state index in [0.29, 0.717) is 6.61 Å². The van der Waals surface area contributed by atoms with E-state index in [1.54, 1.807) is 0 Å². The highest BCUT2D eigenvalue weighted by Crippen LogP contribution is 2.30. The first-order chi connectivity index (χ1) is 9.92. The summed E-state index contributed by atoms with van der Waals surface area (Å²) in [6, 6.07) is 8.10. The van der Waals surface area contributed by atoms with E-state index < -0.39 is 0 Å². The summed E-state index contributed by atoms with van der Waals surface area (Å²) in [7, 11) is 0. The molecule has 20 heavy (non-hydrogen) atoms. The third-order valence-electron chi connectivity index (χ3n) is 4.07. The number of ether oxygens (including phenoxy) is 1. The van der Waals surface area contributed by atoms with Crippen molar-refractivity contribution in [2.24, 2.45) is 0 Å². The van der Waals surface area contributed by atoms with Gasteiger partial charge >= 0.3 is 0 Å². The molecule has 0 unspecified atom stereocenters. The molecule has 0 atom stereocenters. The molecule has 5 heteroatoms. The zero-order chi connectivity index (χ0) is 13.4. The van der Waals surface area contributed by atoms with Crippen LogP contribution in [0.2, 0.25) is 0 Å². The summed E-state index contributed by atoms with van der Waals surface area (Å²) in [5, 5.41) is 8.66. The fourth-order valence-electron chi connectivity index (χ4n) is 3.05. The molecule has 0 N–H and O–H groups in total. The molecule has 5 nitrogen and oxygen atoms in total. The third kappa shape index (κ3) is 1.98. The molecule has 2 aliphatic rings. The minimum Gasteiger partial charge on any atom is -0.483 e. The van der Waals surface area contributed by atoms with E-state index in [1.165, 1.54) is 32.4 Å². The van der Waals surface area contributed by atoms with E-state index in [4.69, 9.17) is 4.74 Å². The molecule has 2 aromatic rings. The number of hydrogen-bond acceptors (Lipinski definition) is 4. The lowest BCUT2D eigenvalue weighted by molar-refractivity contribution is 0.213. The van der Waals surface area contributed by atoms with Crippen LogP contribution >= 0.6 is 0 Å². The second-order valence-electron chi connectivity index (χ2n) is 5.46. The van der Waals surface area contributed by atoms with Crippen molar-refractivity contribution in [3.63, 3.8) is 0 Å². The monoisotopic (exact) mass is 270 g/mol. The van der Waals surface area contributed by atoms with Gasteiger partial charge in [0, 0.05) is 0 Å². The van der Waals surface area contributed by atoms with E-state index in [2.05, 4.69) is 25.7 Å². The topological polar surface area (TPSA) is 43.2 Å². The lowest BCUT2D eigenvalue weighted by Gasteiger charge is -2.27. The Kier molecular flexibility index (Phi) is 2.92. The Hall–Kier alpha value is -1.88. The van der Waals surface area contributed by atoms with Crippen LogP contribution in [0.1, 0.15) is 30.9 Å². The van der Waals surface area contributed by atoms with E-state index >= 15 is 0 Å². The molecule has 1 aromatic heterocycles. The van der Waals surface area contributed by atoms with Crippen LogP contribution in [0.4, 0.5) is 0 Å². The Morgan fingerprint density at radius 3 is 2.80 bits per heavy atom. The Morgan fingerprint density at radius 1 is 1.05 bits per heavy atom. The van der Waals surface area contributed by atoms with Crippen molar-refractivity contribution in [3.8, 4) is 11.4 Å². The summed E-state index contributed by atoms with van der Waals surface area (Å²) >= 11 is 0. The molecule has 4 rings (SSSR count). The number of nitrogens with zero attached hydrogens (tertiary/aromatic N) is 4. The molecular formula is C15H18N4O. The summed E-state index contributed by atoms with van der Waals surface area (Å²) in [5.41, 5.74) is 1.06. The van der Waals surface area contributed by atoms with Crippen molar-refractivity contribution in [3.05, 3.63) is 35.9 Å². The van der Waals surface area contributed by atoms with Crippen molar-refractivity contribution in [1.29, 1.82) is 0 Å². The number of piperidine rings is 1. The first kappa shape index (κ1) is 11.9. The van der Waals surface area contributed by atoms with Crippen LogP contribution in [0, 0.1) is 0 Å². The van der Waals surface area contributed by atoms with Gasteiger partial charge in [-0.05, 0) is 38.1 Å².